The molecule has 55 heavy (non-hydrogen) atoms. The van der Waals surface area contributed by atoms with Crippen molar-refractivity contribution in [1.29, 1.82) is 0 Å². The summed E-state index contributed by atoms with van der Waals surface area (Å²) in [4.78, 5) is 43.2. The first-order valence-corrected chi connectivity index (χ1v) is 18.9. The molecule has 11 rings (SSSR count). The number of ether oxygens (including phenoxy) is 3. The third kappa shape index (κ3) is 5.26. The summed E-state index contributed by atoms with van der Waals surface area (Å²) in [6, 6.07) is 10.7. The molecule has 2 spiro atoms. The van der Waals surface area contributed by atoms with Gasteiger partial charge in [0.15, 0.2) is 16.6 Å². The number of esters is 1. The number of epoxide rings is 1. The molecule has 0 radical (unpaired) electrons. The zero-order valence-electron chi connectivity index (χ0n) is 30.9. The number of carbonyl (C=O) groups excluding carboxylic acids is 1. The van der Waals surface area contributed by atoms with E-state index in [1.165, 1.54) is 6.07 Å². The summed E-state index contributed by atoms with van der Waals surface area (Å²) in [6.45, 7) is 6.84. The minimum absolute atomic E-state index is 0.109. The van der Waals surface area contributed by atoms with Gasteiger partial charge in [-0.05, 0) is 101 Å². The van der Waals surface area contributed by atoms with E-state index in [0.717, 1.165) is 41.1 Å². The van der Waals surface area contributed by atoms with Crippen molar-refractivity contribution in [3.05, 3.63) is 93.3 Å². The molecule has 2 bridgehead atoms. The number of carbonyl (C=O) groups is 1. The fourth-order valence-electron chi connectivity index (χ4n) is 9.98. The zero-order valence-corrected chi connectivity index (χ0v) is 30.9. The minimum atomic E-state index is -1.08. The average Bonchev–Trinajstić information content (AvgIpc) is 3.41. The van der Waals surface area contributed by atoms with Crippen LogP contribution in [0.1, 0.15) is 74.5 Å². The summed E-state index contributed by atoms with van der Waals surface area (Å²) < 4.78 is 25.4. The van der Waals surface area contributed by atoms with Crippen molar-refractivity contribution in [2.45, 2.75) is 94.7 Å². The van der Waals surface area contributed by atoms with Crippen LogP contribution in [0.4, 0.5) is 11.6 Å². The second kappa shape index (κ2) is 11.7. The molecule has 6 aliphatic heterocycles. The van der Waals surface area contributed by atoms with Gasteiger partial charge in [-0.2, -0.15) is 0 Å². The standard InChI is InChI=1S/C42H42N6O7/c1-21-10-30(49)37-31(52-21)16-32-36(38(37)50)27-11-23-6-8-42(27,40(2,3)53-32)55-39(51)41(17-23)33(54-41)5-4-22-12-28(47-34(43)13-22)25-14-26(46-35(44)15-25)19-48-18-24-7-9-45-29(24)20-48/h7,9-10,12-16,18,23,27,33,50H,4-6,8,11,17,19-20H2,1-3H3,(H2,43,47)(H2,44,46)/t23-,27+,33-,41+,42-/m1/s1. The van der Waals surface area contributed by atoms with Gasteiger partial charge in [0.05, 0.1) is 36.3 Å². The SMILES string of the molecule is Cc1cc(=O)c2c(O)c3c(cc2o1)OC(C)(C)[C@@]12CC[C@H](C[C@@H]31)C[C@@]1(O[C@@H]1CCc1cc(N)nc(-c3cc(N)nc(CN4C=C5C=CN=C5C4)c3)c1)C(=O)O2. The quantitative estimate of drug-likeness (QED) is 0.164. The molecule has 4 fully saturated rings. The molecule has 0 amide bonds. The predicted octanol–water partition coefficient (Wildman–Crippen LogP) is 5.61. The van der Waals surface area contributed by atoms with E-state index < -0.39 is 22.8 Å². The van der Waals surface area contributed by atoms with E-state index in [0.29, 0.717) is 73.1 Å². The number of aromatic hydroxyl groups is 1. The number of anilines is 2. The normalized spacial score (nSPS) is 28.2. The van der Waals surface area contributed by atoms with Crippen LogP contribution < -0.4 is 21.6 Å². The van der Waals surface area contributed by atoms with Crippen molar-refractivity contribution in [1.82, 2.24) is 14.9 Å². The van der Waals surface area contributed by atoms with Crippen molar-refractivity contribution >= 4 is 34.3 Å². The first-order chi connectivity index (χ1) is 26.3. The van der Waals surface area contributed by atoms with Crippen LogP contribution in [-0.2, 0) is 27.2 Å². The number of nitrogens with zero attached hydrogens (tertiary/aromatic N) is 4. The second-order valence-corrected chi connectivity index (χ2v) is 16.5. The Balaban J connectivity index is 0.886. The van der Waals surface area contributed by atoms with E-state index in [1.807, 2.05) is 44.3 Å². The highest BCUT2D eigenvalue weighted by Crippen LogP contribution is 2.64. The summed E-state index contributed by atoms with van der Waals surface area (Å²) >= 11 is 0. The van der Waals surface area contributed by atoms with Crippen molar-refractivity contribution < 1.29 is 28.5 Å². The second-order valence-electron chi connectivity index (χ2n) is 16.5. The van der Waals surface area contributed by atoms with Gasteiger partial charge >= 0.3 is 5.97 Å². The number of aryl methyl sites for hydroxylation is 2. The molecule has 1 saturated carbocycles. The lowest BCUT2D eigenvalue weighted by atomic mass is 9.58. The highest BCUT2D eigenvalue weighted by atomic mass is 16.7. The Morgan fingerprint density at radius 3 is 2.71 bits per heavy atom. The number of hydrogen-bond donors (Lipinski definition) is 3. The Morgan fingerprint density at radius 1 is 1.04 bits per heavy atom. The summed E-state index contributed by atoms with van der Waals surface area (Å²) in [6.07, 6.45) is 9.27. The van der Waals surface area contributed by atoms with Crippen molar-refractivity contribution in [2.24, 2.45) is 10.9 Å². The topological polar surface area (TPSA) is 192 Å². The molecule has 9 heterocycles. The van der Waals surface area contributed by atoms with Gasteiger partial charge in [-0.3, -0.25) is 9.79 Å². The minimum Gasteiger partial charge on any atom is -0.507 e. The van der Waals surface area contributed by atoms with Crippen molar-refractivity contribution in [3.63, 3.8) is 0 Å². The zero-order chi connectivity index (χ0) is 38.0. The Labute approximate surface area is 316 Å². The third-order valence-corrected chi connectivity index (χ3v) is 12.6. The number of allylic oxidation sites excluding steroid dienone is 1. The number of aromatic nitrogens is 2. The van der Waals surface area contributed by atoms with Crippen molar-refractivity contribution in [3.8, 4) is 22.8 Å². The van der Waals surface area contributed by atoms with Gasteiger partial charge in [0.2, 0.25) is 0 Å². The molecule has 5 atom stereocenters. The Hall–Kier alpha value is -5.69. The van der Waals surface area contributed by atoms with E-state index >= 15 is 0 Å². The number of phenolic OH excluding ortho intramolecular Hbond substituents is 1. The van der Waals surface area contributed by atoms with Crippen LogP contribution in [0.3, 0.4) is 0 Å². The average molecular weight is 743 g/mol. The summed E-state index contributed by atoms with van der Waals surface area (Å²) in [5.41, 5.74) is 15.4. The molecule has 5 N–H and O–H groups in total. The van der Waals surface area contributed by atoms with Gasteiger partial charge in [-0.1, -0.05) is 0 Å². The number of fused-ring (bicyclic) bond motifs is 5. The lowest BCUT2D eigenvalue weighted by Gasteiger charge is -2.58. The first kappa shape index (κ1) is 33.8. The molecular formula is C42H42N6O7. The largest absolute Gasteiger partial charge is 0.507 e. The van der Waals surface area contributed by atoms with E-state index in [4.69, 9.17) is 30.1 Å². The summed E-state index contributed by atoms with van der Waals surface area (Å²) in [7, 11) is 0. The third-order valence-electron chi connectivity index (χ3n) is 12.6. The maximum Gasteiger partial charge on any atom is 0.341 e. The fraction of sp³-hybridized carbons (Fsp3) is 0.405. The highest BCUT2D eigenvalue weighted by Gasteiger charge is 2.71. The van der Waals surface area contributed by atoms with E-state index in [9.17, 15) is 14.7 Å². The van der Waals surface area contributed by atoms with Crippen LogP contribution in [0, 0.1) is 12.8 Å². The Morgan fingerprint density at radius 2 is 1.87 bits per heavy atom. The molecular weight excluding hydrogens is 700 g/mol. The first-order valence-electron chi connectivity index (χ1n) is 18.9. The van der Waals surface area contributed by atoms with Crippen LogP contribution >= 0.6 is 0 Å². The number of nitrogen functional groups attached to an aromatic ring is 2. The molecule has 282 valence electrons. The highest BCUT2D eigenvalue weighted by molar-refractivity contribution is 6.07. The molecule has 3 aromatic heterocycles. The lowest BCUT2D eigenvalue weighted by Crippen LogP contribution is -2.66. The Kier molecular flexibility index (Phi) is 7.17. The molecule has 1 aromatic carbocycles. The van der Waals surface area contributed by atoms with Crippen LogP contribution in [-0.4, -0.2) is 61.1 Å². The smallest absolute Gasteiger partial charge is 0.341 e. The van der Waals surface area contributed by atoms with Gasteiger partial charge < -0.3 is 40.1 Å². The van der Waals surface area contributed by atoms with E-state index in [-0.39, 0.29) is 40.1 Å². The van der Waals surface area contributed by atoms with Gasteiger partial charge in [-0.25, -0.2) is 14.8 Å². The molecule has 4 aromatic rings. The molecule has 13 nitrogen and oxygen atoms in total. The number of rotatable bonds is 6. The number of nitrogens with two attached hydrogens (primary N) is 2. The van der Waals surface area contributed by atoms with Crippen LogP contribution in [0.25, 0.3) is 22.2 Å². The van der Waals surface area contributed by atoms with E-state index in [1.54, 1.807) is 19.1 Å². The number of pyridine rings is 2. The molecule has 3 saturated heterocycles. The molecule has 7 aliphatic rings. The van der Waals surface area contributed by atoms with Gasteiger partial charge in [0.1, 0.15) is 45.5 Å². The maximum atomic E-state index is 14.3. The van der Waals surface area contributed by atoms with Crippen LogP contribution in [0.2, 0.25) is 0 Å². The number of benzene rings is 1. The number of aliphatic imine (C=N–C) groups is 1. The summed E-state index contributed by atoms with van der Waals surface area (Å²) in [5.74, 6) is 0.833. The Bertz CT molecular complexity index is 2510. The number of hydrogen-bond acceptors (Lipinski definition) is 13. The molecule has 0 unspecified atom stereocenters. The fourth-order valence-corrected chi connectivity index (χ4v) is 9.98. The van der Waals surface area contributed by atoms with Crippen LogP contribution in [0.15, 0.2) is 74.7 Å². The molecule has 1 aliphatic carbocycles. The lowest BCUT2D eigenvalue weighted by molar-refractivity contribution is -0.219. The van der Waals surface area contributed by atoms with Gasteiger partial charge in [0.25, 0.3) is 0 Å². The van der Waals surface area contributed by atoms with Crippen LogP contribution in [0.5, 0.6) is 11.5 Å². The van der Waals surface area contributed by atoms with Crippen molar-refractivity contribution in [2.75, 3.05) is 18.0 Å². The monoisotopic (exact) mass is 742 g/mol. The van der Waals surface area contributed by atoms with Gasteiger partial charge in [-0.15, -0.1) is 0 Å². The number of phenols is 1. The summed E-state index contributed by atoms with van der Waals surface area (Å²) in [5, 5.41) is 11.8. The predicted molar refractivity (Wildman–Crippen MR) is 204 cm³/mol. The molecule has 13 heteroatoms. The van der Waals surface area contributed by atoms with E-state index in [2.05, 4.69) is 26.1 Å². The maximum absolute atomic E-state index is 14.3. The van der Waals surface area contributed by atoms with Gasteiger partial charge in [0, 0.05) is 47.2 Å².